The summed E-state index contributed by atoms with van der Waals surface area (Å²) in [7, 11) is 0. The maximum absolute atomic E-state index is 12.1. The molecule has 1 aliphatic heterocycles. The van der Waals surface area contributed by atoms with Gasteiger partial charge in [0.05, 0.1) is 3.92 Å². The highest BCUT2D eigenvalue weighted by molar-refractivity contribution is 14.1. The van der Waals surface area contributed by atoms with Crippen molar-refractivity contribution < 1.29 is 4.79 Å². The third kappa shape index (κ3) is 1.86. The average Bonchev–Trinajstić information content (AvgIpc) is 2.76. The largest absolute Gasteiger partial charge is 0.352 e. The van der Waals surface area contributed by atoms with Crippen LogP contribution in [0.25, 0.3) is 0 Å². The van der Waals surface area contributed by atoms with E-state index in [2.05, 4.69) is 48.7 Å². The highest BCUT2D eigenvalue weighted by Gasteiger charge is 2.63. The second-order valence-corrected chi connectivity index (χ2v) is 10.9. The summed E-state index contributed by atoms with van der Waals surface area (Å²) in [6.45, 7) is 7.69. The Balaban J connectivity index is 1.69. The SMILES string of the molecule is C[C@]12CC(I)C(=O)N[C@@H]1CC[C@@H]1[C@@H]2CC[C@]2(C)CCC[C@@]12C. The molecule has 3 saturated carbocycles. The normalized spacial score (nSPS) is 57.5. The van der Waals surface area contributed by atoms with Gasteiger partial charge in [-0.05, 0) is 73.0 Å². The summed E-state index contributed by atoms with van der Waals surface area (Å²) >= 11 is 2.37. The van der Waals surface area contributed by atoms with Crippen molar-refractivity contribution >= 4 is 28.5 Å². The van der Waals surface area contributed by atoms with Crippen LogP contribution >= 0.6 is 22.6 Å². The number of rotatable bonds is 0. The fraction of sp³-hybridized carbons (Fsp3) is 0.947. The molecule has 1 unspecified atom stereocenters. The van der Waals surface area contributed by atoms with Crippen molar-refractivity contribution in [1.29, 1.82) is 0 Å². The minimum absolute atomic E-state index is 0.169. The minimum atomic E-state index is 0.169. The number of hydrogen-bond donors (Lipinski definition) is 1. The molecule has 4 fully saturated rings. The number of alkyl halides is 1. The van der Waals surface area contributed by atoms with Gasteiger partial charge in [0.1, 0.15) is 0 Å². The number of fused-ring (bicyclic) bond motifs is 5. The monoisotopic (exact) mass is 415 g/mol. The molecule has 3 heteroatoms. The molecule has 0 aromatic carbocycles. The van der Waals surface area contributed by atoms with Gasteiger partial charge < -0.3 is 5.32 Å². The molecule has 1 heterocycles. The van der Waals surface area contributed by atoms with Gasteiger partial charge in [-0.3, -0.25) is 4.79 Å². The summed E-state index contributed by atoms with van der Waals surface area (Å²) in [5.74, 6) is 1.99. The number of halogens is 1. The van der Waals surface area contributed by atoms with Gasteiger partial charge in [-0.25, -0.2) is 0 Å². The smallest absolute Gasteiger partial charge is 0.233 e. The highest BCUT2D eigenvalue weighted by Crippen LogP contribution is 2.69. The molecule has 3 aliphatic carbocycles. The lowest BCUT2D eigenvalue weighted by Crippen LogP contribution is -2.64. The van der Waals surface area contributed by atoms with Gasteiger partial charge in [-0.15, -0.1) is 0 Å². The Labute approximate surface area is 148 Å². The Morgan fingerprint density at radius 2 is 1.82 bits per heavy atom. The van der Waals surface area contributed by atoms with Crippen molar-refractivity contribution in [3.63, 3.8) is 0 Å². The Morgan fingerprint density at radius 3 is 2.59 bits per heavy atom. The molecule has 22 heavy (non-hydrogen) atoms. The fourth-order valence-corrected chi connectivity index (χ4v) is 8.24. The van der Waals surface area contributed by atoms with Crippen molar-refractivity contribution in [3.05, 3.63) is 0 Å². The van der Waals surface area contributed by atoms with Gasteiger partial charge >= 0.3 is 0 Å². The first-order valence-corrected chi connectivity index (χ1v) is 10.5. The fourth-order valence-electron chi connectivity index (χ4n) is 7.11. The van der Waals surface area contributed by atoms with Gasteiger partial charge in [0, 0.05) is 6.04 Å². The van der Waals surface area contributed by atoms with Crippen LogP contribution < -0.4 is 5.32 Å². The van der Waals surface area contributed by atoms with Crippen molar-refractivity contribution in [3.8, 4) is 0 Å². The van der Waals surface area contributed by atoms with Crippen LogP contribution in [-0.4, -0.2) is 15.9 Å². The zero-order valence-electron chi connectivity index (χ0n) is 14.3. The van der Waals surface area contributed by atoms with Crippen LogP contribution in [0.15, 0.2) is 0 Å². The first kappa shape index (κ1) is 15.7. The van der Waals surface area contributed by atoms with E-state index in [0.717, 1.165) is 18.3 Å². The predicted octanol–water partition coefficient (Wildman–Crippen LogP) is 4.70. The number of nitrogens with one attached hydrogen (secondary N) is 1. The quantitative estimate of drug-likeness (QED) is 0.451. The maximum Gasteiger partial charge on any atom is 0.233 e. The van der Waals surface area contributed by atoms with Crippen molar-refractivity contribution in [2.45, 2.75) is 82.1 Å². The molecular formula is C19H30INO. The van der Waals surface area contributed by atoms with Crippen molar-refractivity contribution in [2.24, 2.45) is 28.1 Å². The van der Waals surface area contributed by atoms with Gasteiger partial charge in [-0.1, -0.05) is 49.8 Å². The zero-order chi connectivity index (χ0) is 15.8. The number of carbonyl (C=O) groups excluding carboxylic acids is 1. The molecular weight excluding hydrogens is 385 g/mol. The molecule has 0 spiro atoms. The van der Waals surface area contributed by atoms with E-state index in [0.29, 0.717) is 22.3 Å². The van der Waals surface area contributed by atoms with Gasteiger partial charge in [0.25, 0.3) is 0 Å². The first-order chi connectivity index (χ1) is 10.3. The van der Waals surface area contributed by atoms with Gasteiger partial charge in [0.15, 0.2) is 0 Å². The predicted molar refractivity (Wildman–Crippen MR) is 98.0 cm³/mol. The van der Waals surface area contributed by atoms with Crippen molar-refractivity contribution in [1.82, 2.24) is 5.32 Å². The Morgan fingerprint density at radius 1 is 1.05 bits per heavy atom. The zero-order valence-corrected chi connectivity index (χ0v) is 16.4. The second-order valence-electron chi connectivity index (χ2n) is 9.40. The van der Waals surface area contributed by atoms with Crippen LogP contribution in [0.5, 0.6) is 0 Å². The summed E-state index contributed by atoms with van der Waals surface area (Å²) in [4.78, 5) is 12.1. The molecule has 124 valence electrons. The topological polar surface area (TPSA) is 29.1 Å². The van der Waals surface area contributed by atoms with E-state index >= 15 is 0 Å². The Kier molecular flexibility index (Phi) is 3.47. The van der Waals surface area contributed by atoms with E-state index in [4.69, 9.17) is 0 Å². The van der Waals surface area contributed by atoms with E-state index in [1.807, 2.05) is 0 Å². The summed E-state index contributed by atoms with van der Waals surface area (Å²) in [6, 6.07) is 0.432. The molecule has 0 aromatic rings. The highest BCUT2D eigenvalue weighted by atomic mass is 127. The van der Waals surface area contributed by atoms with Crippen LogP contribution in [-0.2, 0) is 4.79 Å². The molecule has 1 amide bonds. The van der Waals surface area contributed by atoms with Crippen LogP contribution in [0.1, 0.15) is 72.1 Å². The van der Waals surface area contributed by atoms with Crippen LogP contribution in [0.4, 0.5) is 0 Å². The molecule has 0 bridgehead atoms. The molecule has 0 radical (unpaired) electrons. The molecule has 4 rings (SSSR count). The molecule has 1 N–H and O–H groups in total. The average molecular weight is 415 g/mol. The molecule has 2 nitrogen and oxygen atoms in total. The molecule has 0 aromatic heterocycles. The van der Waals surface area contributed by atoms with Crippen LogP contribution in [0.2, 0.25) is 0 Å². The third-order valence-corrected chi connectivity index (χ3v) is 9.75. The lowest BCUT2D eigenvalue weighted by atomic mass is 9.43. The lowest BCUT2D eigenvalue weighted by Gasteiger charge is -2.63. The number of amides is 1. The van der Waals surface area contributed by atoms with E-state index in [9.17, 15) is 4.79 Å². The van der Waals surface area contributed by atoms with Gasteiger partial charge in [0.2, 0.25) is 5.91 Å². The van der Waals surface area contributed by atoms with Crippen LogP contribution in [0.3, 0.4) is 0 Å². The van der Waals surface area contributed by atoms with Gasteiger partial charge in [-0.2, -0.15) is 0 Å². The molecule has 4 aliphatic rings. The first-order valence-electron chi connectivity index (χ1n) is 9.25. The lowest BCUT2D eigenvalue weighted by molar-refractivity contribution is -0.145. The Hall–Kier alpha value is 0.200. The maximum atomic E-state index is 12.1. The minimum Gasteiger partial charge on any atom is -0.352 e. The van der Waals surface area contributed by atoms with Crippen molar-refractivity contribution in [2.75, 3.05) is 0 Å². The Bertz CT molecular complexity index is 508. The van der Waals surface area contributed by atoms with E-state index in [1.54, 1.807) is 0 Å². The standard InChI is InChI=1S/C19H30INO/c1-17-8-4-9-19(17,3)13-5-6-15-18(2,12(13)7-10-17)11-14(20)16(22)21-15/h12-15H,4-11H2,1-3H3,(H,21,22)/t12-,13+,14?,15+,17-,18+,19-/m0/s1. The van der Waals surface area contributed by atoms with E-state index in [-0.39, 0.29) is 9.83 Å². The summed E-state index contributed by atoms with van der Waals surface area (Å²) in [5, 5.41) is 3.38. The molecule has 1 saturated heterocycles. The molecule has 7 atom stereocenters. The number of piperidine rings is 1. The number of carbonyl (C=O) groups is 1. The summed E-state index contributed by atoms with van der Waals surface area (Å²) < 4.78 is 0.169. The third-order valence-electron chi connectivity index (χ3n) is 8.74. The van der Waals surface area contributed by atoms with Crippen LogP contribution in [0, 0.1) is 28.1 Å². The van der Waals surface area contributed by atoms with E-state index < -0.39 is 0 Å². The number of hydrogen-bond acceptors (Lipinski definition) is 1. The van der Waals surface area contributed by atoms with E-state index in [1.165, 1.54) is 44.9 Å². The second kappa shape index (κ2) is 4.86. The summed E-state index contributed by atoms with van der Waals surface area (Å²) in [6.07, 6.45) is 10.8. The summed E-state index contributed by atoms with van der Waals surface area (Å²) in [5.41, 5.74) is 1.46.